The average Bonchev–Trinajstić information content (AvgIpc) is 2.36. The number of ether oxygens (including phenoxy) is 2. The van der Waals surface area contributed by atoms with Crippen LogP contribution < -0.4 is 9.47 Å². The van der Waals surface area contributed by atoms with Gasteiger partial charge in [-0.1, -0.05) is 6.92 Å². The Hall–Kier alpha value is -1.58. The van der Waals surface area contributed by atoms with Crippen molar-refractivity contribution in [1.82, 2.24) is 0 Å². The molecular formula is C11H12INO6. The van der Waals surface area contributed by atoms with Gasteiger partial charge in [-0.3, -0.25) is 4.79 Å². The van der Waals surface area contributed by atoms with Crippen molar-refractivity contribution in [3.63, 3.8) is 0 Å². The number of rotatable bonds is 5. The van der Waals surface area contributed by atoms with Crippen LogP contribution in [-0.4, -0.2) is 25.3 Å². The zero-order chi connectivity index (χ0) is 14.6. The zero-order valence-corrected chi connectivity index (χ0v) is 12.7. The van der Waals surface area contributed by atoms with Crippen LogP contribution in [-0.2, 0) is 11.3 Å². The number of nitrogens with zero attached hydrogens (tertiary/aromatic N) is 1. The minimum Gasteiger partial charge on any atom is -0.493 e. The normalized spacial score (nSPS) is 9.89. The van der Waals surface area contributed by atoms with Gasteiger partial charge < -0.3 is 9.47 Å². The second-order valence-corrected chi connectivity index (χ2v) is 4.49. The third-order valence-corrected chi connectivity index (χ3v) is 3.46. The lowest BCUT2D eigenvalue weighted by Crippen LogP contribution is -2.15. The van der Waals surface area contributed by atoms with Crippen molar-refractivity contribution < 1.29 is 24.2 Å². The SMILES string of the molecule is CCc1cc(OC)c(OC)c(I)c1C(=O)O[N+](=O)[O-]. The molecule has 0 spiro atoms. The van der Waals surface area contributed by atoms with Crippen LogP contribution in [0.4, 0.5) is 0 Å². The molecule has 0 N–H and O–H groups in total. The van der Waals surface area contributed by atoms with E-state index >= 15 is 0 Å². The van der Waals surface area contributed by atoms with E-state index in [-0.39, 0.29) is 5.56 Å². The van der Waals surface area contributed by atoms with Gasteiger partial charge in [0.2, 0.25) is 0 Å². The first-order valence-corrected chi connectivity index (χ1v) is 6.34. The molecule has 0 aliphatic heterocycles. The van der Waals surface area contributed by atoms with Gasteiger partial charge in [-0.15, -0.1) is 10.1 Å². The lowest BCUT2D eigenvalue weighted by atomic mass is 10.0. The Labute approximate surface area is 123 Å². The van der Waals surface area contributed by atoms with Crippen LogP contribution in [0.2, 0.25) is 0 Å². The Kier molecular flexibility index (Phi) is 5.33. The summed E-state index contributed by atoms with van der Waals surface area (Å²) in [4.78, 5) is 26.0. The van der Waals surface area contributed by atoms with Gasteiger partial charge in [-0.05, 0) is 40.6 Å². The smallest absolute Gasteiger partial charge is 0.335 e. The van der Waals surface area contributed by atoms with Gasteiger partial charge >= 0.3 is 11.1 Å². The standard InChI is InChI=1S/C11H12INO6/c1-4-6-5-7(17-2)10(18-3)9(12)8(6)11(14)19-13(15)16/h5H,4H2,1-3H3. The molecule has 0 unspecified atom stereocenters. The van der Waals surface area contributed by atoms with Crippen molar-refractivity contribution in [1.29, 1.82) is 0 Å². The highest BCUT2D eigenvalue weighted by atomic mass is 127. The van der Waals surface area contributed by atoms with Gasteiger partial charge in [0, 0.05) is 0 Å². The molecule has 0 bridgehead atoms. The van der Waals surface area contributed by atoms with Crippen LogP contribution in [0.1, 0.15) is 22.8 Å². The first kappa shape index (κ1) is 15.5. The van der Waals surface area contributed by atoms with Gasteiger partial charge in [-0.2, -0.15) is 0 Å². The van der Waals surface area contributed by atoms with Crippen LogP contribution in [0.5, 0.6) is 11.5 Å². The average molecular weight is 381 g/mol. The number of benzene rings is 1. The highest BCUT2D eigenvalue weighted by Crippen LogP contribution is 2.37. The Bertz CT molecular complexity index is 516. The number of hydrogen-bond donors (Lipinski definition) is 0. The Balaban J connectivity index is 3.44. The Morgan fingerprint density at radius 1 is 1.42 bits per heavy atom. The van der Waals surface area contributed by atoms with Crippen LogP contribution in [0.15, 0.2) is 6.07 Å². The van der Waals surface area contributed by atoms with E-state index in [0.717, 1.165) is 0 Å². The number of carbonyl (C=O) groups excluding carboxylic acids is 1. The van der Waals surface area contributed by atoms with Gasteiger partial charge in [0.05, 0.1) is 23.4 Å². The highest BCUT2D eigenvalue weighted by molar-refractivity contribution is 14.1. The van der Waals surface area contributed by atoms with E-state index in [4.69, 9.17) is 9.47 Å². The zero-order valence-electron chi connectivity index (χ0n) is 10.6. The molecule has 0 heterocycles. The number of halogens is 1. The molecule has 1 rings (SSSR count). The molecule has 0 aromatic heterocycles. The summed E-state index contributed by atoms with van der Waals surface area (Å²) in [5.41, 5.74) is 0.714. The Morgan fingerprint density at radius 2 is 2.05 bits per heavy atom. The van der Waals surface area contributed by atoms with Crippen molar-refractivity contribution in [2.45, 2.75) is 13.3 Å². The van der Waals surface area contributed by atoms with E-state index in [2.05, 4.69) is 4.84 Å². The molecule has 1 aromatic rings. The van der Waals surface area contributed by atoms with E-state index in [0.29, 0.717) is 27.1 Å². The van der Waals surface area contributed by atoms with E-state index in [9.17, 15) is 14.9 Å². The molecule has 0 saturated heterocycles. The van der Waals surface area contributed by atoms with Crippen LogP contribution >= 0.6 is 22.6 Å². The first-order valence-electron chi connectivity index (χ1n) is 5.26. The van der Waals surface area contributed by atoms with Gasteiger partial charge in [0.15, 0.2) is 11.5 Å². The van der Waals surface area contributed by atoms with E-state index in [1.54, 1.807) is 6.07 Å². The molecule has 8 heteroatoms. The molecule has 7 nitrogen and oxygen atoms in total. The Morgan fingerprint density at radius 3 is 2.47 bits per heavy atom. The molecule has 0 aliphatic carbocycles. The largest absolute Gasteiger partial charge is 0.493 e. The van der Waals surface area contributed by atoms with Gasteiger partial charge in [-0.25, -0.2) is 4.84 Å². The summed E-state index contributed by atoms with van der Waals surface area (Å²) in [5.74, 6) is -0.218. The van der Waals surface area contributed by atoms with Crippen molar-refractivity contribution in [3.05, 3.63) is 30.9 Å². The second-order valence-electron chi connectivity index (χ2n) is 3.42. The summed E-state index contributed by atoms with van der Waals surface area (Å²) in [6, 6.07) is 1.61. The second kappa shape index (κ2) is 6.55. The monoisotopic (exact) mass is 381 g/mol. The molecule has 0 fully saturated rings. The topological polar surface area (TPSA) is 87.9 Å². The van der Waals surface area contributed by atoms with Crippen LogP contribution in [0.25, 0.3) is 0 Å². The molecule has 0 aliphatic rings. The molecule has 0 atom stereocenters. The minimum atomic E-state index is -1.13. The lowest BCUT2D eigenvalue weighted by Gasteiger charge is -2.15. The van der Waals surface area contributed by atoms with Crippen molar-refractivity contribution in [3.8, 4) is 11.5 Å². The molecule has 0 radical (unpaired) electrons. The van der Waals surface area contributed by atoms with E-state index in [1.165, 1.54) is 14.2 Å². The number of aryl methyl sites for hydroxylation is 1. The molecule has 0 saturated carbocycles. The summed E-state index contributed by atoms with van der Waals surface area (Å²) >= 11 is 1.87. The van der Waals surface area contributed by atoms with Crippen molar-refractivity contribution >= 4 is 28.6 Å². The summed E-state index contributed by atoms with van der Waals surface area (Å²) in [5, 5.41) is 9.15. The molecular weight excluding hydrogens is 369 g/mol. The number of methoxy groups -OCH3 is 2. The molecule has 104 valence electrons. The summed E-state index contributed by atoms with van der Waals surface area (Å²) in [6.45, 7) is 1.82. The van der Waals surface area contributed by atoms with E-state index in [1.807, 2.05) is 29.5 Å². The maximum atomic E-state index is 11.8. The first-order chi connectivity index (χ1) is 8.96. The molecule has 1 aromatic carbocycles. The number of carbonyl (C=O) groups is 1. The fraction of sp³-hybridized carbons (Fsp3) is 0.364. The molecule has 0 amide bonds. The van der Waals surface area contributed by atoms with Crippen LogP contribution in [0.3, 0.4) is 0 Å². The maximum Gasteiger partial charge on any atom is 0.335 e. The van der Waals surface area contributed by atoms with Gasteiger partial charge in [0.1, 0.15) is 0 Å². The summed E-state index contributed by atoms with van der Waals surface area (Å²) in [6.07, 6.45) is 0.499. The fourth-order valence-electron chi connectivity index (χ4n) is 1.61. The molecule has 19 heavy (non-hydrogen) atoms. The minimum absolute atomic E-state index is 0.123. The lowest BCUT2D eigenvalue weighted by molar-refractivity contribution is -0.727. The summed E-state index contributed by atoms with van der Waals surface area (Å²) < 4.78 is 10.7. The third-order valence-electron chi connectivity index (χ3n) is 2.44. The maximum absolute atomic E-state index is 11.8. The predicted octanol–water partition coefficient (Wildman–Crippen LogP) is 2.22. The van der Waals surface area contributed by atoms with E-state index < -0.39 is 11.1 Å². The van der Waals surface area contributed by atoms with Crippen molar-refractivity contribution in [2.24, 2.45) is 0 Å². The highest BCUT2D eigenvalue weighted by Gasteiger charge is 2.24. The predicted molar refractivity (Wildman–Crippen MR) is 74.1 cm³/mol. The van der Waals surface area contributed by atoms with Crippen LogP contribution in [0, 0.1) is 13.7 Å². The number of hydrogen-bond acceptors (Lipinski definition) is 6. The fourth-order valence-corrected chi connectivity index (χ4v) is 2.67. The third kappa shape index (κ3) is 3.25. The summed E-state index contributed by atoms with van der Waals surface area (Å²) in [7, 11) is 2.90. The quantitative estimate of drug-likeness (QED) is 0.442. The van der Waals surface area contributed by atoms with Gasteiger partial charge in [0.25, 0.3) is 0 Å². The van der Waals surface area contributed by atoms with Crippen molar-refractivity contribution in [2.75, 3.05) is 14.2 Å².